The number of hydrogen-bond acceptors (Lipinski definition) is 3. The number of nitrogens with zero attached hydrogens (tertiary/aromatic N) is 1. The lowest BCUT2D eigenvalue weighted by atomic mass is 9.90. The normalized spacial score (nSPS) is 14.0. The van der Waals surface area contributed by atoms with Crippen molar-refractivity contribution < 1.29 is 9.59 Å². The first-order valence-electron chi connectivity index (χ1n) is 15.4. The van der Waals surface area contributed by atoms with Gasteiger partial charge in [-0.2, -0.15) is 0 Å². The predicted molar refractivity (Wildman–Crippen MR) is 184 cm³/mol. The number of anilines is 3. The molecule has 1 aliphatic carbocycles. The van der Waals surface area contributed by atoms with Crippen molar-refractivity contribution >= 4 is 67.0 Å². The number of carbonyl (C=O) groups excluding carboxylic acids is 2. The number of para-hydroxylation sites is 2. The molecular weight excluding hydrogens is 550 g/mol. The van der Waals surface area contributed by atoms with Crippen LogP contribution in [0.15, 0.2) is 139 Å². The highest BCUT2D eigenvalue weighted by atomic mass is 16.2. The lowest BCUT2D eigenvalue weighted by Gasteiger charge is -2.28. The maximum Gasteiger partial charge on any atom is 0.197 e. The van der Waals surface area contributed by atoms with E-state index in [-0.39, 0.29) is 17.1 Å². The van der Waals surface area contributed by atoms with Gasteiger partial charge in [0.25, 0.3) is 0 Å². The average Bonchev–Trinajstić information content (AvgIpc) is 3.22. The summed E-state index contributed by atoms with van der Waals surface area (Å²) in [5.74, 6) is -0.406. The van der Waals surface area contributed by atoms with Gasteiger partial charge in [-0.1, -0.05) is 97.1 Å². The summed E-state index contributed by atoms with van der Waals surface area (Å²) in [5.41, 5.74) is 8.27. The minimum absolute atomic E-state index is 0.203. The van der Waals surface area contributed by atoms with E-state index in [9.17, 15) is 9.59 Å². The third-order valence-corrected chi connectivity index (χ3v) is 9.43. The Morgan fingerprint density at radius 1 is 0.467 bits per heavy atom. The number of ketones is 2. The van der Waals surface area contributed by atoms with Crippen LogP contribution in [0.4, 0.5) is 17.1 Å². The fraction of sp³-hybridized carbons (Fsp3) is 0.0476. The molecule has 0 radical (unpaired) electrons. The van der Waals surface area contributed by atoms with Crippen molar-refractivity contribution in [1.29, 1.82) is 0 Å². The summed E-state index contributed by atoms with van der Waals surface area (Å²) >= 11 is 0. The van der Waals surface area contributed by atoms with E-state index in [0.29, 0.717) is 11.1 Å². The molecule has 45 heavy (non-hydrogen) atoms. The summed E-state index contributed by atoms with van der Waals surface area (Å²) in [6, 6.07) is 46.1. The van der Waals surface area contributed by atoms with Crippen LogP contribution in [0.1, 0.15) is 37.4 Å². The molecule has 0 aromatic heterocycles. The summed E-state index contributed by atoms with van der Waals surface area (Å²) in [7, 11) is 0. The van der Waals surface area contributed by atoms with Gasteiger partial charge in [-0.15, -0.1) is 0 Å². The van der Waals surface area contributed by atoms with Crippen LogP contribution >= 0.6 is 0 Å². The van der Waals surface area contributed by atoms with E-state index in [1.807, 2.05) is 6.07 Å². The Morgan fingerprint density at radius 2 is 1.04 bits per heavy atom. The fourth-order valence-electron chi connectivity index (χ4n) is 7.31. The third-order valence-electron chi connectivity index (χ3n) is 9.43. The summed E-state index contributed by atoms with van der Waals surface area (Å²) in [6.07, 6.45) is 3.66. The van der Waals surface area contributed by atoms with Gasteiger partial charge < -0.3 is 4.90 Å². The Hall–Kier alpha value is -5.80. The molecule has 1 heterocycles. The Labute approximate surface area is 260 Å². The molecule has 1 aliphatic heterocycles. The molecule has 9 rings (SSSR count). The number of rotatable bonds is 2. The highest BCUT2D eigenvalue weighted by molar-refractivity contribution is 6.41. The molecule has 0 atom stereocenters. The quantitative estimate of drug-likeness (QED) is 0.117. The third kappa shape index (κ3) is 3.91. The van der Waals surface area contributed by atoms with Gasteiger partial charge in [0, 0.05) is 28.2 Å². The monoisotopic (exact) mass is 577 g/mol. The fourth-order valence-corrected chi connectivity index (χ4v) is 7.31. The zero-order valence-corrected chi connectivity index (χ0v) is 24.5. The molecule has 0 amide bonds. The molecule has 2 aliphatic rings. The van der Waals surface area contributed by atoms with Crippen molar-refractivity contribution in [2.75, 3.05) is 4.90 Å². The molecule has 7 aromatic rings. The van der Waals surface area contributed by atoms with Gasteiger partial charge in [-0.25, -0.2) is 0 Å². The van der Waals surface area contributed by atoms with Gasteiger partial charge in [0.15, 0.2) is 11.6 Å². The minimum atomic E-state index is -0.203. The summed E-state index contributed by atoms with van der Waals surface area (Å²) in [6.45, 7) is 0. The SMILES string of the molecule is O=C1C(=Cc2ccc3c(c2)c2ccccc2c2cc4c(cc32)CCc2ccccc2N4c2ccccc2)C(=O)c2ccccc21. The molecule has 212 valence electrons. The number of allylic oxidation sites excluding steroid dienone is 1. The zero-order chi connectivity index (χ0) is 30.1. The molecule has 0 bridgehead atoms. The number of carbonyl (C=O) groups is 2. The molecule has 3 nitrogen and oxygen atoms in total. The average molecular weight is 578 g/mol. The standard InChI is InChI=1S/C42H27NO2/c44-41-33-15-7-8-16-34(33)42(45)38(41)23-26-18-21-32-35(22-26)30-13-5-6-14-31(30)37-25-40-28(24-36(32)37)20-19-27-10-4-9-17-39(27)43(40)29-11-2-1-3-12-29/h1-18,21-25H,19-20H2. The van der Waals surface area contributed by atoms with Gasteiger partial charge >= 0.3 is 0 Å². The summed E-state index contributed by atoms with van der Waals surface area (Å²) in [5, 5.41) is 7.01. The largest absolute Gasteiger partial charge is 0.310 e. The van der Waals surface area contributed by atoms with E-state index < -0.39 is 0 Å². The van der Waals surface area contributed by atoms with Crippen molar-refractivity contribution in [2.45, 2.75) is 12.8 Å². The predicted octanol–water partition coefficient (Wildman–Crippen LogP) is 10.2. The molecule has 3 heteroatoms. The van der Waals surface area contributed by atoms with Gasteiger partial charge in [-0.05, 0) is 104 Å². The molecule has 0 fully saturated rings. The van der Waals surface area contributed by atoms with Crippen molar-refractivity contribution in [1.82, 2.24) is 0 Å². The van der Waals surface area contributed by atoms with Crippen molar-refractivity contribution in [3.63, 3.8) is 0 Å². The lowest BCUT2D eigenvalue weighted by Crippen LogP contribution is -2.11. The Kier molecular flexibility index (Phi) is 5.63. The van der Waals surface area contributed by atoms with Crippen LogP contribution in [-0.4, -0.2) is 11.6 Å². The Balaban J connectivity index is 1.28. The number of hydrogen-bond donors (Lipinski definition) is 0. The second kappa shape index (κ2) is 9.87. The smallest absolute Gasteiger partial charge is 0.197 e. The molecule has 0 saturated heterocycles. The lowest BCUT2D eigenvalue weighted by molar-refractivity contribution is 0.0990. The van der Waals surface area contributed by atoms with Gasteiger partial charge in [0.2, 0.25) is 0 Å². The maximum atomic E-state index is 13.1. The number of aryl methyl sites for hydroxylation is 2. The van der Waals surface area contributed by atoms with Crippen LogP contribution in [0, 0.1) is 0 Å². The highest BCUT2D eigenvalue weighted by Gasteiger charge is 2.32. The van der Waals surface area contributed by atoms with Crippen molar-refractivity contribution in [3.8, 4) is 0 Å². The van der Waals surface area contributed by atoms with Crippen LogP contribution in [0.25, 0.3) is 38.4 Å². The van der Waals surface area contributed by atoms with E-state index in [2.05, 4.69) is 108 Å². The Morgan fingerprint density at radius 3 is 1.80 bits per heavy atom. The number of Topliss-reactive ketones (excluding diaryl/α,β-unsaturated/α-hetero) is 2. The maximum absolute atomic E-state index is 13.1. The van der Waals surface area contributed by atoms with E-state index >= 15 is 0 Å². The summed E-state index contributed by atoms with van der Waals surface area (Å²) in [4.78, 5) is 28.7. The van der Waals surface area contributed by atoms with Crippen LogP contribution in [-0.2, 0) is 12.8 Å². The Bertz CT molecular complexity index is 2380. The minimum Gasteiger partial charge on any atom is -0.310 e. The number of fused-ring (bicyclic) bond motifs is 9. The second-order valence-corrected chi connectivity index (χ2v) is 11.9. The van der Waals surface area contributed by atoms with Crippen LogP contribution in [0.3, 0.4) is 0 Å². The number of benzene rings is 7. The van der Waals surface area contributed by atoms with Gasteiger partial charge in [-0.3, -0.25) is 9.59 Å². The molecule has 0 unspecified atom stereocenters. The topological polar surface area (TPSA) is 37.4 Å². The van der Waals surface area contributed by atoms with E-state index in [0.717, 1.165) is 40.3 Å². The highest BCUT2D eigenvalue weighted by Crippen LogP contribution is 2.46. The molecular formula is C42H27NO2. The molecule has 0 N–H and O–H groups in total. The van der Waals surface area contributed by atoms with E-state index in [4.69, 9.17) is 0 Å². The summed E-state index contributed by atoms with van der Waals surface area (Å²) < 4.78 is 0. The zero-order valence-electron chi connectivity index (χ0n) is 24.5. The van der Waals surface area contributed by atoms with Crippen LogP contribution < -0.4 is 4.90 Å². The van der Waals surface area contributed by atoms with Gasteiger partial charge in [0.1, 0.15) is 0 Å². The van der Waals surface area contributed by atoms with Gasteiger partial charge in [0.05, 0.1) is 5.57 Å². The van der Waals surface area contributed by atoms with Crippen molar-refractivity contribution in [2.24, 2.45) is 0 Å². The first-order chi connectivity index (χ1) is 22.2. The first kappa shape index (κ1) is 25.7. The van der Waals surface area contributed by atoms with Crippen LogP contribution in [0.2, 0.25) is 0 Å². The first-order valence-corrected chi connectivity index (χ1v) is 15.4. The van der Waals surface area contributed by atoms with Crippen molar-refractivity contribution in [3.05, 3.63) is 167 Å². The molecule has 0 spiro atoms. The molecule has 0 saturated carbocycles. The van der Waals surface area contributed by atoms with E-state index in [1.165, 1.54) is 38.7 Å². The van der Waals surface area contributed by atoms with Crippen LogP contribution in [0.5, 0.6) is 0 Å². The van der Waals surface area contributed by atoms with E-state index in [1.54, 1.807) is 30.3 Å². The second-order valence-electron chi connectivity index (χ2n) is 11.9. The molecule has 7 aromatic carbocycles.